The molecule has 1 fully saturated rings. The van der Waals surface area contributed by atoms with Crippen LogP contribution >= 0.6 is 0 Å². The molecule has 0 aromatic heterocycles. The Morgan fingerprint density at radius 1 is 1.00 bits per heavy atom. The highest BCUT2D eigenvalue weighted by molar-refractivity contribution is 6.04. The fraction of sp³-hybridized carbons (Fsp3) is 0.632. The van der Waals surface area contributed by atoms with Crippen molar-refractivity contribution in [2.45, 2.75) is 65.8 Å². The van der Waals surface area contributed by atoms with Crippen LogP contribution in [0.1, 0.15) is 66.6 Å². The first-order valence-electron chi connectivity index (χ1n) is 8.34. The van der Waals surface area contributed by atoms with Crippen molar-refractivity contribution in [2.75, 3.05) is 13.1 Å². The van der Waals surface area contributed by atoms with Crippen molar-refractivity contribution in [1.29, 1.82) is 0 Å². The first kappa shape index (κ1) is 16.2. The Balaban J connectivity index is 2.46. The lowest BCUT2D eigenvalue weighted by atomic mass is 9.80. The normalized spacial score (nSPS) is 16.4. The summed E-state index contributed by atoms with van der Waals surface area (Å²) in [7, 11) is 0. The van der Waals surface area contributed by atoms with E-state index in [1.165, 1.54) is 24.0 Å². The third-order valence-corrected chi connectivity index (χ3v) is 5.39. The van der Waals surface area contributed by atoms with Crippen LogP contribution in [0.2, 0.25) is 0 Å². The molecule has 1 aliphatic rings. The molecular formula is C19H29NO. The summed E-state index contributed by atoms with van der Waals surface area (Å²) in [6.45, 7) is 12.7. The molecule has 1 aromatic carbocycles. The summed E-state index contributed by atoms with van der Waals surface area (Å²) in [5.74, 6) is 0.329. The number of hydrogen-bond acceptors (Lipinski definition) is 2. The summed E-state index contributed by atoms with van der Waals surface area (Å²) < 4.78 is 0. The summed E-state index contributed by atoms with van der Waals surface area (Å²) in [4.78, 5) is 15.8. The Bertz CT molecular complexity index is 523. The molecular weight excluding hydrogens is 258 g/mol. The number of carbonyl (C=O) groups excluding carboxylic acids is 1. The smallest absolute Gasteiger partial charge is 0.183 e. The Morgan fingerprint density at radius 2 is 1.52 bits per heavy atom. The van der Waals surface area contributed by atoms with Gasteiger partial charge in [0.05, 0.1) is 5.54 Å². The zero-order valence-corrected chi connectivity index (χ0v) is 14.3. The van der Waals surface area contributed by atoms with Gasteiger partial charge in [0.2, 0.25) is 0 Å². The summed E-state index contributed by atoms with van der Waals surface area (Å²) in [6, 6.07) is 4.26. The molecule has 1 heterocycles. The Labute approximate surface area is 129 Å². The summed E-state index contributed by atoms with van der Waals surface area (Å²) in [5.41, 5.74) is 4.22. The second kappa shape index (κ2) is 6.31. The van der Waals surface area contributed by atoms with E-state index >= 15 is 0 Å². The fourth-order valence-corrected chi connectivity index (χ4v) is 3.76. The van der Waals surface area contributed by atoms with Crippen molar-refractivity contribution < 1.29 is 4.79 Å². The van der Waals surface area contributed by atoms with Crippen LogP contribution in [0.4, 0.5) is 0 Å². The molecule has 0 unspecified atom stereocenters. The summed E-state index contributed by atoms with van der Waals surface area (Å²) in [5, 5.41) is 0. The number of Topliss-reactive ketones (excluding diaryl/α,β-unsaturated/α-hetero) is 1. The number of ketones is 1. The number of hydrogen-bond donors (Lipinski definition) is 0. The molecule has 2 rings (SSSR count). The molecule has 21 heavy (non-hydrogen) atoms. The maximum absolute atomic E-state index is 13.4. The van der Waals surface area contributed by atoms with Crippen molar-refractivity contribution in [1.82, 2.24) is 4.90 Å². The molecule has 1 saturated heterocycles. The van der Waals surface area contributed by atoms with Crippen molar-refractivity contribution in [3.05, 3.63) is 34.4 Å². The van der Waals surface area contributed by atoms with Gasteiger partial charge in [0.25, 0.3) is 0 Å². The lowest BCUT2D eigenvalue weighted by Crippen LogP contribution is -2.52. The Kier molecular flexibility index (Phi) is 4.88. The molecule has 0 spiro atoms. The second-order valence-corrected chi connectivity index (χ2v) is 6.51. The largest absolute Gasteiger partial charge is 0.292 e. The van der Waals surface area contributed by atoms with Crippen LogP contribution in [-0.2, 0) is 0 Å². The molecule has 2 heteroatoms. The van der Waals surface area contributed by atoms with Crippen molar-refractivity contribution in [2.24, 2.45) is 0 Å². The lowest BCUT2D eigenvalue weighted by molar-refractivity contribution is 0.0580. The van der Waals surface area contributed by atoms with Crippen LogP contribution in [0.15, 0.2) is 12.1 Å². The van der Waals surface area contributed by atoms with Gasteiger partial charge in [0.1, 0.15) is 0 Å². The summed E-state index contributed by atoms with van der Waals surface area (Å²) in [6.07, 6.45) is 4.24. The minimum Gasteiger partial charge on any atom is -0.292 e. The van der Waals surface area contributed by atoms with E-state index in [4.69, 9.17) is 0 Å². The molecule has 0 radical (unpaired) electrons. The maximum atomic E-state index is 13.4. The molecule has 0 amide bonds. The van der Waals surface area contributed by atoms with E-state index in [1.807, 2.05) is 0 Å². The van der Waals surface area contributed by atoms with Gasteiger partial charge in [-0.3, -0.25) is 9.69 Å². The number of carbonyl (C=O) groups is 1. The standard InChI is InChI=1S/C19H29NO/c1-6-19(7-2,20-10-8-9-11-20)18(21)17-13-15(4)14(3)12-16(17)5/h12-13H,6-11H2,1-5H3. The van der Waals surface area contributed by atoms with E-state index in [1.54, 1.807) is 0 Å². The first-order valence-corrected chi connectivity index (χ1v) is 8.34. The first-order chi connectivity index (χ1) is 9.96. The van der Waals surface area contributed by atoms with Gasteiger partial charge in [-0.1, -0.05) is 19.9 Å². The van der Waals surface area contributed by atoms with Gasteiger partial charge in [-0.15, -0.1) is 0 Å². The zero-order chi connectivity index (χ0) is 15.6. The van der Waals surface area contributed by atoms with Gasteiger partial charge < -0.3 is 0 Å². The highest BCUT2D eigenvalue weighted by Gasteiger charge is 2.42. The fourth-order valence-electron chi connectivity index (χ4n) is 3.76. The second-order valence-electron chi connectivity index (χ2n) is 6.51. The molecule has 2 nitrogen and oxygen atoms in total. The van der Waals surface area contributed by atoms with Crippen LogP contribution in [0, 0.1) is 20.8 Å². The van der Waals surface area contributed by atoms with Crippen LogP contribution in [0.3, 0.4) is 0 Å². The average molecular weight is 287 g/mol. The molecule has 116 valence electrons. The topological polar surface area (TPSA) is 20.3 Å². The SMILES string of the molecule is CCC(CC)(C(=O)c1cc(C)c(C)cc1C)N1CCCC1. The minimum atomic E-state index is -0.303. The van der Waals surface area contributed by atoms with E-state index in [2.05, 4.69) is 51.7 Å². The van der Waals surface area contributed by atoms with Crippen LogP contribution in [-0.4, -0.2) is 29.3 Å². The molecule has 1 aromatic rings. The predicted molar refractivity (Wildman–Crippen MR) is 89.1 cm³/mol. The molecule has 0 aliphatic carbocycles. The van der Waals surface area contributed by atoms with E-state index in [9.17, 15) is 4.79 Å². The molecule has 0 bridgehead atoms. The van der Waals surface area contributed by atoms with E-state index in [0.29, 0.717) is 5.78 Å². The van der Waals surface area contributed by atoms with Crippen molar-refractivity contribution in [3.63, 3.8) is 0 Å². The van der Waals surface area contributed by atoms with Gasteiger partial charge in [0.15, 0.2) is 5.78 Å². The monoisotopic (exact) mass is 287 g/mol. The number of aryl methyl sites for hydroxylation is 3. The Hall–Kier alpha value is -1.15. The number of likely N-dealkylation sites (tertiary alicyclic amines) is 1. The van der Waals surface area contributed by atoms with Gasteiger partial charge >= 0.3 is 0 Å². The van der Waals surface area contributed by atoms with E-state index in [0.717, 1.165) is 37.1 Å². The van der Waals surface area contributed by atoms with Gasteiger partial charge in [-0.05, 0) is 82.3 Å². The van der Waals surface area contributed by atoms with Crippen molar-refractivity contribution >= 4 is 5.78 Å². The molecule has 0 atom stereocenters. The van der Waals surface area contributed by atoms with E-state index in [-0.39, 0.29) is 5.54 Å². The quantitative estimate of drug-likeness (QED) is 0.746. The molecule has 0 saturated carbocycles. The van der Waals surface area contributed by atoms with Crippen LogP contribution in [0.25, 0.3) is 0 Å². The van der Waals surface area contributed by atoms with Crippen LogP contribution in [0.5, 0.6) is 0 Å². The highest BCUT2D eigenvalue weighted by Crippen LogP contribution is 2.33. The zero-order valence-electron chi connectivity index (χ0n) is 14.3. The average Bonchev–Trinajstić information content (AvgIpc) is 2.99. The third-order valence-electron chi connectivity index (χ3n) is 5.39. The van der Waals surface area contributed by atoms with Crippen molar-refractivity contribution in [3.8, 4) is 0 Å². The van der Waals surface area contributed by atoms with E-state index < -0.39 is 0 Å². The predicted octanol–water partition coefficient (Wildman–Crippen LogP) is 4.45. The summed E-state index contributed by atoms with van der Waals surface area (Å²) >= 11 is 0. The number of rotatable bonds is 5. The van der Waals surface area contributed by atoms with Gasteiger partial charge in [0, 0.05) is 5.56 Å². The van der Waals surface area contributed by atoms with Crippen LogP contribution < -0.4 is 0 Å². The highest BCUT2D eigenvalue weighted by atomic mass is 16.1. The minimum absolute atomic E-state index is 0.303. The molecule has 0 N–H and O–H groups in total. The number of nitrogens with zero attached hydrogens (tertiary/aromatic N) is 1. The molecule has 1 aliphatic heterocycles. The van der Waals surface area contributed by atoms with Gasteiger partial charge in [-0.25, -0.2) is 0 Å². The maximum Gasteiger partial charge on any atom is 0.183 e. The Morgan fingerprint density at radius 3 is 2.05 bits per heavy atom. The van der Waals surface area contributed by atoms with Gasteiger partial charge in [-0.2, -0.15) is 0 Å². The number of benzene rings is 1. The third kappa shape index (κ3) is 2.78. The lowest BCUT2D eigenvalue weighted by Gasteiger charge is -2.40.